The quantitative estimate of drug-likeness (QED) is 0.131. The van der Waals surface area contributed by atoms with Crippen molar-refractivity contribution >= 4 is 29.9 Å². The first-order valence-corrected chi connectivity index (χ1v) is 13.9. The number of primary amides is 1. The standard InChI is InChI=1S/C31H41N3O5.CH3NO/c1-6-38-27-14-9-11-23(21-27)15-16-26(35)17-18-28(32-5)24-12-10-13-25(22-24)29(36)33-19-7-8-20-34-30(37)39-31(2,3)4;2-1-3/h9-14,17-18,21-22H,6-8,15-16,19-20H2,1-5H3,(H,33,36)(H,34,37);1H,(H2,2,3)/b18-17-,32-28?;. The van der Waals surface area contributed by atoms with E-state index in [2.05, 4.69) is 21.4 Å². The zero-order valence-electron chi connectivity index (χ0n) is 25.3. The van der Waals surface area contributed by atoms with Gasteiger partial charge in [0.05, 0.1) is 12.3 Å². The summed E-state index contributed by atoms with van der Waals surface area (Å²) < 4.78 is 10.7. The first kappa shape index (κ1) is 35.6. The number of nitrogens with zero attached hydrogens (tertiary/aromatic N) is 1. The SMILES string of the molecule is CCOc1cccc(CCC(=O)/C=C\C(=NC)c2cccc(C(=O)NCCCCNC(=O)OC(C)(C)C)c2)c1.NC=O. The molecule has 0 saturated carbocycles. The van der Waals surface area contributed by atoms with Gasteiger partial charge in [0.1, 0.15) is 11.4 Å². The summed E-state index contributed by atoms with van der Waals surface area (Å²) in [6.07, 6.45) is 5.45. The molecule has 228 valence electrons. The summed E-state index contributed by atoms with van der Waals surface area (Å²) in [6, 6.07) is 14.9. The van der Waals surface area contributed by atoms with Gasteiger partial charge in [-0.15, -0.1) is 0 Å². The predicted octanol–water partition coefficient (Wildman–Crippen LogP) is 4.40. The van der Waals surface area contributed by atoms with Crippen molar-refractivity contribution in [3.8, 4) is 5.75 Å². The molecular formula is C32H44N4O6. The van der Waals surface area contributed by atoms with Crippen molar-refractivity contribution in [2.75, 3.05) is 26.7 Å². The monoisotopic (exact) mass is 580 g/mol. The molecule has 10 heteroatoms. The molecule has 0 saturated heterocycles. The molecule has 0 atom stereocenters. The second-order valence-electron chi connectivity index (χ2n) is 10.1. The lowest BCUT2D eigenvalue weighted by Gasteiger charge is -2.19. The Bertz CT molecular complexity index is 1220. The van der Waals surface area contributed by atoms with Gasteiger partial charge in [0.25, 0.3) is 5.91 Å². The lowest BCUT2D eigenvalue weighted by atomic mass is 10.0. The van der Waals surface area contributed by atoms with Gasteiger partial charge in [0, 0.05) is 37.7 Å². The molecule has 0 aliphatic carbocycles. The molecular weight excluding hydrogens is 536 g/mol. The molecule has 0 radical (unpaired) electrons. The third-order valence-corrected chi connectivity index (χ3v) is 5.52. The van der Waals surface area contributed by atoms with E-state index in [1.165, 1.54) is 6.08 Å². The van der Waals surface area contributed by atoms with Crippen LogP contribution < -0.4 is 21.1 Å². The first-order valence-electron chi connectivity index (χ1n) is 13.9. The maximum absolute atomic E-state index is 12.6. The molecule has 0 heterocycles. The number of allylic oxidation sites excluding steroid dienone is 2. The summed E-state index contributed by atoms with van der Waals surface area (Å²) >= 11 is 0. The average Bonchev–Trinajstić information content (AvgIpc) is 2.94. The second kappa shape index (κ2) is 19.6. The Kier molecular flexibility index (Phi) is 16.6. The maximum Gasteiger partial charge on any atom is 0.407 e. The fraction of sp³-hybridized carbons (Fsp3) is 0.406. The summed E-state index contributed by atoms with van der Waals surface area (Å²) in [5.41, 5.74) is 6.56. The van der Waals surface area contributed by atoms with Gasteiger partial charge >= 0.3 is 6.09 Å². The largest absolute Gasteiger partial charge is 0.494 e. The van der Waals surface area contributed by atoms with Crippen LogP contribution in [0.2, 0.25) is 0 Å². The van der Waals surface area contributed by atoms with Crippen LogP contribution in [0.4, 0.5) is 4.79 Å². The van der Waals surface area contributed by atoms with Crippen LogP contribution in [0.25, 0.3) is 0 Å². The van der Waals surface area contributed by atoms with E-state index in [0.717, 1.165) is 16.9 Å². The Balaban J connectivity index is 0.00000281. The number of nitrogens with one attached hydrogen (secondary N) is 2. The molecule has 0 aliphatic rings. The Morgan fingerprint density at radius 1 is 0.952 bits per heavy atom. The van der Waals surface area contributed by atoms with Gasteiger partial charge in [-0.2, -0.15) is 0 Å². The zero-order chi connectivity index (χ0) is 31.4. The molecule has 4 N–H and O–H groups in total. The Labute approximate surface area is 248 Å². The van der Waals surface area contributed by atoms with E-state index >= 15 is 0 Å². The van der Waals surface area contributed by atoms with E-state index in [0.29, 0.717) is 56.7 Å². The molecule has 3 amide bonds. The van der Waals surface area contributed by atoms with Crippen LogP contribution in [0, 0.1) is 0 Å². The third kappa shape index (κ3) is 15.4. The molecule has 0 aromatic heterocycles. The molecule has 10 nitrogen and oxygen atoms in total. The molecule has 2 rings (SSSR count). The van der Waals surface area contributed by atoms with Crippen LogP contribution in [0.5, 0.6) is 5.75 Å². The van der Waals surface area contributed by atoms with Gasteiger partial charge in [-0.3, -0.25) is 19.4 Å². The Morgan fingerprint density at radius 3 is 2.24 bits per heavy atom. The summed E-state index contributed by atoms with van der Waals surface area (Å²) in [5.74, 6) is 0.604. The molecule has 42 heavy (non-hydrogen) atoms. The number of benzene rings is 2. The highest BCUT2D eigenvalue weighted by atomic mass is 16.6. The number of aliphatic imine (C=N–C) groups is 1. The number of nitrogens with two attached hydrogens (primary N) is 1. The minimum atomic E-state index is -0.530. The predicted molar refractivity (Wildman–Crippen MR) is 165 cm³/mol. The molecule has 0 spiro atoms. The summed E-state index contributed by atoms with van der Waals surface area (Å²) in [4.78, 5) is 49.7. The van der Waals surface area contributed by atoms with Crippen LogP contribution in [-0.2, 0) is 20.7 Å². The minimum Gasteiger partial charge on any atom is -0.494 e. The fourth-order valence-electron chi connectivity index (χ4n) is 3.66. The van der Waals surface area contributed by atoms with Crippen molar-refractivity contribution in [2.45, 2.75) is 59.0 Å². The van der Waals surface area contributed by atoms with Crippen molar-refractivity contribution in [3.05, 3.63) is 77.4 Å². The second-order valence-corrected chi connectivity index (χ2v) is 10.1. The van der Waals surface area contributed by atoms with E-state index in [9.17, 15) is 14.4 Å². The zero-order valence-corrected chi connectivity index (χ0v) is 25.3. The number of ether oxygens (including phenoxy) is 2. The fourth-order valence-corrected chi connectivity index (χ4v) is 3.66. The van der Waals surface area contributed by atoms with Gasteiger partial charge in [-0.1, -0.05) is 24.3 Å². The molecule has 2 aromatic rings. The minimum absolute atomic E-state index is 0.00646. The number of alkyl carbamates (subject to hydrolysis) is 1. The van der Waals surface area contributed by atoms with Crippen LogP contribution in [0.15, 0.2) is 65.7 Å². The van der Waals surface area contributed by atoms with Crippen molar-refractivity contribution in [3.63, 3.8) is 0 Å². The number of carbonyl (C=O) groups is 4. The van der Waals surface area contributed by atoms with Crippen molar-refractivity contribution in [1.82, 2.24) is 10.6 Å². The number of rotatable bonds is 14. The van der Waals surface area contributed by atoms with Gasteiger partial charge in [0.15, 0.2) is 5.78 Å². The molecule has 2 aromatic carbocycles. The van der Waals surface area contributed by atoms with E-state index in [1.54, 1.807) is 31.3 Å². The van der Waals surface area contributed by atoms with Crippen LogP contribution in [-0.4, -0.2) is 62.3 Å². The molecule has 0 bridgehead atoms. The molecule has 0 fully saturated rings. The number of hydrogen-bond acceptors (Lipinski definition) is 7. The van der Waals surface area contributed by atoms with E-state index in [1.807, 2.05) is 58.0 Å². The van der Waals surface area contributed by atoms with Gasteiger partial charge in [0.2, 0.25) is 6.41 Å². The normalized spacial score (nSPS) is 11.2. The number of carbonyl (C=O) groups excluding carboxylic acids is 4. The Hall–Kier alpha value is -4.47. The van der Waals surface area contributed by atoms with Crippen molar-refractivity contribution in [1.29, 1.82) is 0 Å². The number of aryl methyl sites for hydroxylation is 1. The van der Waals surface area contributed by atoms with Gasteiger partial charge < -0.3 is 25.8 Å². The van der Waals surface area contributed by atoms with E-state index in [-0.39, 0.29) is 18.1 Å². The summed E-state index contributed by atoms with van der Waals surface area (Å²) in [6.45, 7) is 8.93. The van der Waals surface area contributed by atoms with Crippen molar-refractivity contribution < 1.29 is 28.7 Å². The lowest BCUT2D eigenvalue weighted by molar-refractivity contribution is -0.114. The maximum atomic E-state index is 12.6. The van der Waals surface area contributed by atoms with Crippen molar-refractivity contribution in [2.24, 2.45) is 10.7 Å². The summed E-state index contributed by atoms with van der Waals surface area (Å²) in [5, 5.41) is 5.61. The molecule has 0 unspecified atom stereocenters. The number of unbranched alkanes of at least 4 members (excludes halogenated alkanes) is 1. The highest BCUT2D eigenvalue weighted by molar-refractivity contribution is 6.12. The molecule has 0 aliphatic heterocycles. The highest BCUT2D eigenvalue weighted by Crippen LogP contribution is 2.15. The third-order valence-electron chi connectivity index (χ3n) is 5.52. The number of ketones is 1. The summed E-state index contributed by atoms with van der Waals surface area (Å²) in [7, 11) is 1.65. The number of amides is 3. The van der Waals surface area contributed by atoms with E-state index < -0.39 is 11.7 Å². The van der Waals surface area contributed by atoms with E-state index in [4.69, 9.17) is 14.3 Å². The Morgan fingerprint density at radius 2 is 1.60 bits per heavy atom. The number of hydrogen-bond donors (Lipinski definition) is 3. The topological polar surface area (TPSA) is 149 Å². The van der Waals surface area contributed by atoms with Gasteiger partial charge in [-0.05, 0) is 88.9 Å². The van der Waals surface area contributed by atoms with Crippen LogP contribution in [0.3, 0.4) is 0 Å². The average molecular weight is 581 g/mol. The smallest absolute Gasteiger partial charge is 0.407 e. The highest BCUT2D eigenvalue weighted by Gasteiger charge is 2.15. The lowest BCUT2D eigenvalue weighted by Crippen LogP contribution is -2.33. The van der Waals surface area contributed by atoms with Gasteiger partial charge in [-0.25, -0.2) is 4.79 Å². The first-order chi connectivity index (χ1) is 20.0. The van der Waals surface area contributed by atoms with Crippen LogP contribution in [0.1, 0.15) is 68.4 Å². The van der Waals surface area contributed by atoms with Crippen LogP contribution >= 0.6 is 0 Å².